The standard InChI is InChI=1S/C22H19N3/c23-21-13-11-20(12-14-21)22(25-16-15-24-17-25,18-7-3-1-4-8-18)19-9-5-2-6-10-19/h1-17H,23H2. The molecule has 0 unspecified atom stereocenters. The molecule has 0 aliphatic rings. The van der Waals surface area contributed by atoms with E-state index in [1.807, 2.05) is 43.0 Å². The maximum atomic E-state index is 5.95. The van der Waals surface area contributed by atoms with Crippen LogP contribution in [-0.4, -0.2) is 9.55 Å². The molecule has 0 aliphatic carbocycles. The highest BCUT2D eigenvalue weighted by Crippen LogP contribution is 2.40. The van der Waals surface area contributed by atoms with E-state index >= 15 is 0 Å². The highest BCUT2D eigenvalue weighted by molar-refractivity contribution is 5.53. The molecule has 3 nitrogen and oxygen atoms in total. The van der Waals surface area contributed by atoms with Gasteiger partial charge in [0.2, 0.25) is 0 Å². The number of aromatic nitrogens is 2. The van der Waals surface area contributed by atoms with Crippen LogP contribution < -0.4 is 5.73 Å². The molecule has 0 saturated carbocycles. The normalized spacial score (nSPS) is 11.4. The van der Waals surface area contributed by atoms with Crippen molar-refractivity contribution in [2.75, 3.05) is 5.73 Å². The molecule has 0 amide bonds. The van der Waals surface area contributed by atoms with Gasteiger partial charge in [-0.05, 0) is 28.8 Å². The van der Waals surface area contributed by atoms with Crippen LogP contribution in [0.4, 0.5) is 5.69 Å². The smallest absolute Gasteiger partial charge is 0.121 e. The van der Waals surface area contributed by atoms with Crippen molar-refractivity contribution in [1.29, 1.82) is 0 Å². The Bertz CT molecular complexity index is 888. The minimum atomic E-state index is -0.507. The highest BCUT2D eigenvalue weighted by atomic mass is 15.1. The van der Waals surface area contributed by atoms with Gasteiger partial charge in [0.15, 0.2) is 0 Å². The van der Waals surface area contributed by atoms with E-state index in [4.69, 9.17) is 5.73 Å². The highest BCUT2D eigenvalue weighted by Gasteiger charge is 2.37. The molecule has 122 valence electrons. The van der Waals surface area contributed by atoms with E-state index < -0.39 is 5.54 Å². The second-order valence-electron chi connectivity index (χ2n) is 6.03. The summed E-state index contributed by atoms with van der Waals surface area (Å²) in [5, 5.41) is 0. The zero-order valence-corrected chi connectivity index (χ0v) is 13.8. The zero-order valence-electron chi connectivity index (χ0n) is 13.8. The number of anilines is 1. The molecule has 2 N–H and O–H groups in total. The summed E-state index contributed by atoms with van der Waals surface area (Å²) in [7, 11) is 0. The molecule has 0 aliphatic heterocycles. The van der Waals surface area contributed by atoms with Crippen molar-refractivity contribution in [2.24, 2.45) is 0 Å². The van der Waals surface area contributed by atoms with Gasteiger partial charge in [0, 0.05) is 18.1 Å². The van der Waals surface area contributed by atoms with E-state index in [0.29, 0.717) is 0 Å². The quantitative estimate of drug-likeness (QED) is 0.449. The van der Waals surface area contributed by atoms with Crippen molar-refractivity contribution in [1.82, 2.24) is 9.55 Å². The predicted molar refractivity (Wildman–Crippen MR) is 101 cm³/mol. The SMILES string of the molecule is Nc1ccc(C(c2ccccc2)(c2ccccc2)n2ccnc2)cc1. The first-order valence-corrected chi connectivity index (χ1v) is 8.27. The Kier molecular flexibility index (Phi) is 3.82. The third kappa shape index (κ3) is 2.50. The Balaban J connectivity index is 2.11. The van der Waals surface area contributed by atoms with Crippen molar-refractivity contribution < 1.29 is 0 Å². The van der Waals surface area contributed by atoms with Crippen LogP contribution in [0.15, 0.2) is 104 Å². The zero-order chi connectivity index (χ0) is 17.1. The lowest BCUT2D eigenvalue weighted by Gasteiger charge is -2.37. The Morgan fingerprint density at radius 1 is 0.680 bits per heavy atom. The Labute approximate surface area is 147 Å². The molecule has 4 rings (SSSR count). The molecule has 0 bridgehead atoms. The first-order chi connectivity index (χ1) is 12.3. The van der Waals surface area contributed by atoms with E-state index in [1.54, 1.807) is 0 Å². The van der Waals surface area contributed by atoms with Gasteiger partial charge in [-0.15, -0.1) is 0 Å². The molecule has 0 radical (unpaired) electrons. The lowest BCUT2D eigenvalue weighted by molar-refractivity contribution is 0.515. The average Bonchev–Trinajstić information content (AvgIpc) is 3.21. The lowest BCUT2D eigenvalue weighted by atomic mass is 9.76. The number of benzene rings is 3. The van der Waals surface area contributed by atoms with Crippen LogP contribution in [0, 0.1) is 0 Å². The number of imidazole rings is 1. The van der Waals surface area contributed by atoms with Gasteiger partial charge in [0.1, 0.15) is 5.54 Å². The number of hydrogen-bond acceptors (Lipinski definition) is 2. The monoisotopic (exact) mass is 325 g/mol. The van der Waals surface area contributed by atoms with Gasteiger partial charge in [-0.2, -0.15) is 0 Å². The Hall–Kier alpha value is -3.33. The molecular formula is C22H19N3. The van der Waals surface area contributed by atoms with Crippen LogP contribution in [-0.2, 0) is 5.54 Å². The number of hydrogen-bond donors (Lipinski definition) is 1. The van der Waals surface area contributed by atoms with Gasteiger partial charge in [-0.3, -0.25) is 0 Å². The average molecular weight is 325 g/mol. The number of nitrogens with two attached hydrogens (primary N) is 1. The molecule has 0 atom stereocenters. The number of rotatable bonds is 4. The van der Waals surface area contributed by atoms with E-state index in [2.05, 4.69) is 70.2 Å². The number of nitrogen functional groups attached to an aromatic ring is 1. The Morgan fingerprint density at radius 2 is 1.20 bits per heavy atom. The summed E-state index contributed by atoms with van der Waals surface area (Å²) in [4.78, 5) is 4.32. The summed E-state index contributed by atoms with van der Waals surface area (Å²) in [6.07, 6.45) is 5.70. The molecule has 3 aromatic carbocycles. The molecule has 1 heterocycles. The van der Waals surface area contributed by atoms with Crippen molar-refractivity contribution >= 4 is 5.69 Å². The molecule has 0 spiro atoms. The minimum Gasteiger partial charge on any atom is -0.399 e. The molecule has 25 heavy (non-hydrogen) atoms. The maximum Gasteiger partial charge on any atom is 0.121 e. The molecule has 4 aromatic rings. The largest absolute Gasteiger partial charge is 0.399 e. The molecule has 1 aromatic heterocycles. The summed E-state index contributed by atoms with van der Waals surface area (Å²) in [5.41, 5.74) is 9.67. The molecular weight excluding hydrogens is 306 g/mol. The molecule has 3 heteroatoms. The van der Waals surface area contributed by atoms with Crippen LogP contribution >= 0.6 is 0 Å². The second kappa shape index (κ2) is 6.29. The fourth-order valence-electron chi connectivity index (χ4n) is 3.49. The van der Waals surface area contributed by atoms with E-state index in [1.165, 1.54) is 11.1 Å². The number of nitrogens with zero attached hydrogens (tertiary/aromatic N) is 2. The van der Waals surface area contributed by atoms with E-state index in [-0.39, 0.29) is 0 Å². The maximum absolute atomic E-state index is 5.95. The third-order valence-corrected chi connectivity index (χ3v) is 4.60. The van der Waals surface area contributed by atoms with E-state index in [9.17, 15) is 0 Å². The predicted octanol–water partition coefficient (Wildman–Crippen LogP) is 4.31. The summed E-state index contributed by atoms with van der Waals surface area (Å²) in [5.74, 6) is 0. The van der Waals surface area contributed by atoms with Gasteiger partial charge in [0.05, 0.1) is 6.33 Å². The second-order valence-corrected chi connectivity index (χ2v) is 6.03. The van der Waals surface area contributed by atoms with Crippen molar-refractivity contribution in [2.45, 2.75) is 5.54 Å². The fourth-order valence-corrected chi connectivity index (χ4v) is 3.49. The summed E-state index contributed by atoms with van der Waals surface area (Å²) in [6, 6.07) is 29.1. The van der Waals surface area contributed by atoms with Gasteiger partial charge in [-0.25, -0.2) is 4.98 Å². The first-order valence-electron chi connectivity index (χ1n) is 8.27. The molecule has 0 fully saturated rings. The summed E-state index contributed by atoms with van der Waals surface area (Å²) >= 11 is 0. The van der Waals surface area contributed by atoms with Gasteiger partial charge in [-0.1, -0.05) is 72.8 Å². The summed E-state index contributed by atoms with van der Waals surface area (Å²) in [6.45, 7) is 0. The van der Waals surface area contributed by atoms with E-state index in [0.717, 1.165) is 11.3 Å². The van der Waals surface area contributed by atoms with Crippen molar-refractivity contribution in [3.05, 3.63) is 120 Å². The van der Waals surface area contributed by atoms with Crippen LogP contribution in [0.1, 0.15) is 16.7 Å². The third-order valence-electron chi connectivity index (χ3n) is 4.60. The van der Waals surface area contributed by atoms with Crippen LogP contribution in [0.2, 0.25) is 0 Å². The van der Waals surface area contributed by atoms with Gasteiger partial charge < -0.3 is 10.3 Å². The van der Waals surface area contributed by atoms with Crippen molar-refractivity contribution in [3.63, 3.8) is 0 Å². The fraction of sp³-hybridized carbons (Fsp3) is 0.0455. The van der Waals surface area contributed by atoms with Crippen LogP contribution in [0.25, 0.3) is 0 Å². The first kappa shape index (κ1) is 15.2. The van der Waals surface area contributed by atoms with Crippen LogP contribution in [0.5, 0.6) is 0 Å². The lowest BCUT2D eigenvalue weighted by Crippen LogP contribution is -2.36. The minimum absolute atomic E-state index is 0.507. The Morgan fingerprint density at radius 3 is 1.68 bits per heavy atom. The van der Waals surface area contributed by atoms with Crippen LogP contribution in [0.3, 0.4) is 0 Å². The molecule has 0 saturated heterocycles. The summed E-state index contributed by atoms with van der Waals surface area (Å²) < 4.78 is 2.16. The van der Waals surface area contributed by atoms with Gasteiger partial charge in [0.25, 0.3) is 0 Å². The van der Waals surface area contributed by atoms with Crippen molar-refractivity contribution in [3.8, 4) is 0 Å². The van der Waals surface area contributed by atoms with Gasteiger partial charge >= 0.3 is 0 Å². The topological polar surface area (TPSA) is 43.8 Å².